The van der Waals surface area contributed by atoms with Crippen molar-refractivity contribution in [2.75, 3.05) is 13.2 Å². The summed E-state index contributed by atoms with van der Waals surface area (Å²) < 4.78 is 11.2. The fourth-order valence-electron chi connectivity index (χ4n) is 3.53. The van der Waals surface area contributed by atoms with Crippen LogP contribution in [0.4, 0.5) is 0 Å². The number of carbonyl (C=O) groups is 1. The highest BCUT2D eigenvalue weighted by molar-refractivity contribution is 6.30. The lowest BCUT2D eigenvalue weighted by Gasteiger charge is -2.25. The summed E-state index contributed by atoms with van der Waals surface area (Å²) in [5.74, 6) is 0.341. The summed E-state index contributed by atoms with van der Waals surface area (Å²) in [6.07, 6.45) is 3.72. The molecule has 2 aromatic heterocycles. The standard InChI is InChI=1S/C22H22ClN3O3/c1-15-20(21(25-29-15)16-7-9-17(23)10-8-16)22(27)26(14-19-6-4-12-28-19)13-18-5-2-3-11-24-18/h2-3,5,7-11,19H,4,6,12-14H2,1H3/t19-/m1/s1. The van der Waals surface area contributed by atoms with Gasteiger partial charge in [0.25, 0.3) is 5.91 Å². The van der Waals surface area contributed by atoms with E-state index in [2.05, 4.69) is 10.1 Å². The first-order chi connectivity index (χ1) is 14.1. The van der Waals surface area contributed by atoms with Gasteiger partial charge in [-0.1, -0.05) is 35.0 Å². The molecular weight excluding hydrogens is 390 g/mol. The van der Waals surface area contributed by atoms with Gasteiger partial charge in [-0.3, -0.25) is 9.78 Å². The third-order valence-electron chi connectivity index (χ3n) is 5.01. The zero-order valence-corrected chi connectivity index (χ0v) is 16.9. The second kappa shape index (κ2) is 8.76. The van der Waals surface area contributed by atoms with E-state index in [0.717, 1.165) is 30.7 Å². The van der Waals surface area contributed by atoms with Gasteiger partial charge >= 0.3 is 0 Å². The summed E-state index contributed by atoms with van der Waals surface area (Å²) in [6.45, 7) is 3.38. The van der Waals surface area contributed by atoms with Gasteiger partial charge in [0.1, 0.15) is 17.0 Å². The number of benzene rings is 1. The Bertz CT molecular complexity index is 967. The molecule has 1 aromatic carbocycles. The number of amides is 1. The van der Waals surface area contributed by atoms with Crippen molar-refractivity contribution < 1.29 is 14.1 Å². The van der Waals surface area contributed by atoms with Crippen molar-refractivity contribution in [3.8, 4) is 11.3 Å². The van der Waals surface area contributed by atoms with Gasteiger partial charge in [0.15, 0.2) is 0 Å². The number of hydrogen-bond acceptors (Lipinski definition) is 5. The van der Waals surface area contributed by atoms with E-state index in [9.17, 15) is 4.79 Å². The quantitative estimate of drug-likeness (QED) is 0.596. The van der Waals surface area contributed by atoms with E-state index in [1.165, 1.54) is 0 Å². The zero-order chi connectivity index (χ0) is 20.2. The minimum absolute atomic E-state index is 0.0295. The number of nitrogens with zero attached hydrogens (tertiary/aromatic N) is 3. The molecule has 150 valence electrons. The third kappa shape index (κ3) is 4.49. The minimum atomic E-state index is -0.144. The van der Waals surface area contributed by atoms with Gasteiger partial charge in [-0.25, -0.2) is 0 Å². The molecule has 0 aliphatic carbocycles. The molecule has 4 rings (SSSR count). The van der Waals surface area contributed by atoms with E-state index < -0.39 is 0 Å². The fraction of sp³-hybridized carbons (Fsp3) is 0.318. The number of hydrogen-bond donors (Lipinski definition) is 0. The normalized spacial score (nSPS) is 16.1. The van der Waals surface area contributed by atoms with Crippen molar-refractivity contribution >= 4 is 17.5 Å². The molecule has 1 fully saturated rings. The first-order valence-electron chi connectivity index (χ1n) is 9.65. The lowest BCUT2D eigenvalue weighted by Crippen LogP contribution is -2.37. The van der Waals surface area contributed by atoms with Crippen molar-refractivity contribution in [1.29, 1.82) is 0 Å². The minimum Gasteiger partial charge on any atom is -0.376 e. The number of ether oxygens (including phenoxy) is 1. The summed E-state index contributed by atoms with van der Waals surface area (Å²) in [5.41, 5.74) is 2.58. The molecule has 0 radical (unpaired) electrons. The molecular formula is C22H22ClN3O3. The SMILES string of the molecule is Cc1onc(-c2ccc(Cl)cc2)c1C(=O)N(Cc1ccccn1)C[C@H]1CCCO1. The topological polar surface area (TPSA) is 68.5 Å². The smallest absolute Gasteiger partial charge is 0.260 e. The molecule has 1 aliphatic heterocycles. The summed E-state index contributed by atoms with van der Waals surface area (Å²) in [7, 11) is 0. The first kappa shape index (κ1) is 19.6. The highest BCUT2D eigenvalue weighted by Gasteiger charge is 2.29. The molecule has 3 aromatic rings. The molecule has 7 heteroatoms. The lowest BCUT2D eigenvalue weighted by atomic mass is 10.0. The van der Waals surface area contributed by atoms with E-state index in [1.807, 2.05) is 30.3 Å². The van der Waals surface area contributed by atoms with Crippen LogP contribution in [-0.4, -0.2) is 40.2 Å². The highest BCUT2D eigenvalue weighted by Crippen LogP contribution is 2.28. The van der Waals surface area contributed by atoms with Crippen LogP contribution in [-0.2, 0) is 11.3 Å². The summed E-state index contributed by atoms with van der Waals surface area (Å²) in [5, 5.41) is 4.77. The molecule has 3 heterocycles. The predicted octanol–water partition coefficient (Wildman–Crippen LogP) is 4.52. The average molecular weight is 412 g/mol. The van der Waals surface area contributed by atoms with E-state index in [0.29, 0.717) is 35.1 Å². The molecule has 0 unspecified atom stereocenters. The molecule has 29 heavy (non-hydrogen) atoms. The Labute approximate surface area is 174 Å². The Kier molecular flexibility index (Phi) is 5.92. The van der Waals surface area contributed by atoms with Crippen molar-refractivity contribution in [1.82, 2.24) is 15.0 Å². The Balaban J connectivity index is 1.66. The third-order valence-corrected chi connectivity index (χ3v) is 5.26. The van der Waals surface area contributed by atoms with Gasteiger partial charge in [0.05, 0.1) is 18.3 Å². The van der Waals surface area contributed by atoms with Crippen molar-refractivity contribution in [2.24, 2.45) is 0 Å². The van der Waals surface area contributed by atoms with Crippen LogP contribution in [0, 0.1) is 6.92 Å². The second-order valence-corrected chi connectivity index (χ2v) is 7.55. The highest BCUT2D eigenvalue weighted by atomic mass is 35.5. The van der Waals surface area contributed by atoms with Crippen molar-refractivity contribution in [3.05, 3.63) is 70.7 Å². The molecule has 0 N–H and O–H groups in total. The van der Waals surface area contributed by atoms with Crippen LogP contribution in [0.25, 0.3) is 11.3 Å². The van der Waals surface area contributed by atoms with Crippen LogP contribution < -0.4 is 0 Å². The van der Waals surface area contributed by atoms with E-state index in [1.54, 1.807) is 30.2 Å². The maximum Gasteiger partial charge on any atom is 0.260 e. The maximum atomic E-state index is 13.6. The number of aromatic nitrogens is 2. The average Bonchev–Trinajstić information content (AvgIpc) is 3.38. The number of rotatable bonds is 6. The van der Waals surface area contributed by atoms with Crippen molar-refractivity contribution in [3.63, 3.8) is 0 Å². The Morgan fingerprint density at radius 2 is 2.07 bits per heavy atom. The molecule has 0 bridgehead atoms. The molecule has 0 saturated carbocycles. The number of carbonyl (C=O) groups excluding carboxylic acids is 1. The van der Waals surface area contributed by atoms with E-state index in [-0.39, 0.29) is 12.0 Å². The summed E-state index contributed by atoms with van der Waals surface area (Å²) >= 11 is 6.00. The molecule has 0 spiro atoms. The van der Waals surface area contributed by atoms with Crippen LogP contribution >= 0.6 is 11.6 Å². The summed E-state index contributed by atoms with van der Waals surface area (Å²) in [6, 6.07) is 12.9. The maximum absolute atomic E-state index is 13.6. The number of aryl methyl sites for hydroxylation is 1. The van der Waals surface area contributed by atoms with Gasteiger partial charge < -0.3 is 14.2 Å². The van der Waals surface area contributed by atoms with Gasteiger partial charge in [0.2, 0.25) is 0 Å². The van der Waals surface area contributed by atoms with Crippen LogP contribution in [0.15, 0.2) is 53.2 Å². The van der Waals surface area contributed by atoms with E-state index >= 15 is 0 Å². The van der Waals surface area contributed by atoms with Crippen LogP contribution in [0.1, 0.15) is 34.7 Å². The lowest BCUT2D eigenvalue weighted by molar-refractivity contribution is 0.0503. The van der Waals surface area contributed by atoms with Gasteiger partial charge in [-0.2, -0.15) is 0 Å². The number of pyridine rings is 1. The zero-order valence-electron chi connectivity index (χ0n) is 16.2. The Hall–Kier alpha value is -2.70. The fourth-order valence-corrected chi connectivity index (χ4v) is 3.65. The van der Waals surface area contributed by atoms with Crippen LogP contribution in [0.3, 0.4) is 0 Å². The first-order valence-corrected chi connectivity index (χ1v) is 10.0. The predicted molar refractivity (Wildman–Crippen MR) is 110 cm³/mol. The molecule has 1 aliphatic rings. The van der Waals surface area contributed by atoms with Crippen LogP contribution in [0.2, 0.25) is 5.02 Å². The molecule has 1 amide bonds. The molecule has 6 nitrogen and oxygen atoms in total. The Morgan fingerprint density at radius 3 is 2.76 bits per heavy atom. The van der Waals surface area contributed by atoms with Gasteiger partial charge in [-0.05, 0) is 44.0 Å². The van der Waals surface area contributed by atoms with E-state index in [4.69, 9.17) is 20.9 Å². The van der Waals surface area contributed by atoms with Gasteiger partial charge in [0, 0.05) is 29.9 Å². The largest absolute Gasteiger partial charge is 0.376 e. The van der Waals surface area contributed by atoms with Gasteiger partial charge in [-0.15, -0.1) is 0 Å². The Morgan fingerprint density at radius 1 is 1.24 bits per heavy atom. The monoisotopic (exact) mass is 411 g/mol. The van der Waals surface area contributed by atoms with Crippen molar-refractivity contribution in [2.45, 2.75) is 32.4 Å². The number of halogens is 1. The molecule has 1 saturated heterocycles. The van der Waals surface area contributed by atoms with Crippen LogP contribution in [0.5, 0.6) is 0 Å². The second-order valence-electron chi connectivity index (χ2n) is 7.11. The molecule has 1 atom stereocenters. The summed E-state index contributed by atoms with van der Waals surface area (Å²) in [4.78, 5) is 19.8.